The molecule has 0 atom stereocenters. The largest absolute Gasteiger partial charge is 0.338 e. The third-order valence-corrected chi connectivity index (χ3v) is 2.37. The van der Waals surface area contributed by atoms with Gasteiger partial charge in [0.25, 0.3) is 0 Å². The fourth-order valence-corrected chi connectivity index (χ4v) is 1.61. The molecule has 0 aliphatic heterocycles. The van der Waals surface area contributed by atoms with Gasteiger partial charge >= 0.3 is 0 Å². The third kappa shape index (κ3) is 2.95. The van der Waals surface area contributed by atoms with Crippen LogP contribution in [0.5, 0.6) is 0 Å². The van der Waals surface area contributed by atoms with Gasteiger partial charge < -0.3 is 9.42 Å². The van der Waals surface area contributed by atoms with Gasteiger partial charge in [0.1, 0.15) is 0 Å². The number of nitrogens with one attached hydrogen (secondary N) is 1. The minimum atomic E-state index is -0.131. The summed E-state index contributed by atoms with van der Waals surface area (Å²) in [6, 6.07) is 9.66. The Kier molecular flexibility index (Phi) is 3.74. The van der Waals surface area contributed by atoms with Gasteiger partial charge in [-0.25, -0.2) is 0 Å². The van der Waals surface area contributed by atoms with Crippen LogP contribution < -0.4 is 5.32 Å². The normalized spacial score (nSPS) is 10.6. The van der Waals surface area contributed by atoms with Crippen LogP contribution in [0, 0.1) is 0 Å². The van der Waals surface area contributed by atoms with Crippen LogP contribution in [0.4, 0.5) is 5.88 Å². The lowest BCUT2D eigenvalue weighted by molar-refractivity contribution is -0.116. The number of benzene rings is 1. The first kappa shape index (κ1) is 12.3. The monoisotopic (exact) mass is 245 g/mol. The van der Waals surface area contributed by atoms with Crippen molar-refractivity contribution >= 4 is 11.8 Å². The maximum Gasteiger partial charge on any atom is 0.240 e. The van der Waals surface area contributed by atoms with Gasteiger partial charge in [-0.2, -0.15) is 0 Å². The molecule has 0 unspecified atom stereocenters. The van der Waals surface area contributed by atoms with Crippen LogP contribution in [0.25, 0.3) is 11.1 Å². The van der Waals surface area contributed by atoms with Crippen LogP contribution in [0.15, 0.2) is 41.1 Å². The van der Waals surface area contributed by atoms with Crippen LogP contribution in [-0.2, 0) is 4.79 Å². The van der Waals surface area contributed by atoms with Crippen LogP contribution in [0.2, 0.25) is 0 Å². The Labute approximate surface area is 105 Å². The fraction of sp³-hybridized carbons (Fsp3) is 0.231. The van der Waals surface area contributed by atoms with Gasteiger partial charge in [0.05, 0.1) is 18.3 Å². The van der Waals surface area contributed by atoms with Gasteiger partial charge in [-0.05, 0) is 19.7 Å². The highest BCUT2D eigenvalue weighted by atomic mass is 16.5. The molecule has 18 heavy (non-hydrogen) atoms. The number of rotatable bonds is 4. The van der Waals surface area contributed by atoms with Gasteiger partial charge in [-0.15, -0.1) is 0 Å². The van der Waals surface area contributed by atoms with E-state index >= 15 is 0 Å². The molecule has 1 heterocycles. The maximum atomic E-state index is 11.7. The van der Waals surface area contributed by atoms with E-state index in [-0.39, 0.29) is 5.91 Å². The Hall–Kier alpha value is -2.14. The molecule has 1 amide bonds. The molecular formula is C13H15N3O2. The predicted molar refractivity (Wildman–Crippen MR) is 69.1 cm³/mol. The molecule has 2 aromatic rings. The summed E-state index contributed by atoms with van der Waals surface area (Å²) in [6.07, 6.45) is 1.60. The van der Waals surface area contributed by atoms with Crippen molar-refractivity contribution in [3.63, 3.8) is 0 Å². The summed E-state index contributed by atoms with van der Waals surface area (Å²) >= 11 is 0. The zero-order chi connectivity index (χ0) is 13.0. The quantitative estimate of drug-likeness (QED) is 0.893. The summed E-state index contributed by atoms with van der Waals surface area (Å²) in [7, 11) is 3.66. The average molecular weight is 245 g/mol. The van der Waals surface area contributed by atoms with E-state index in [0.717, 1.165) is 11.1 Å². The summed E-state index contributed by atoms with van der Waals surface area (Å²) in [4.78, 5) is 13.4. The van der Waals surface area contributed by atoms with Crippen LogP contribution >= 0.6 is 0 Å². The Balaban J connectivity index is 2.16. The highest BCUT2D eigenvalue weighted by molar-refractivity contribution is 5.94. The molecule has 94 valence electrons. The SMILES string of the molecule is CN(C)CC(=O)Nc1oncc1-c1ccccc1. The minimum Gasteiger partial charge on any atom is -0.338 e. The first-order valence-corrected chi connectivity index (χ1v) is 5.61. The summed E-state index contributed by atoms with van der Waals surface area (Å²) in [5, 5.41) is 6.44. The number of hydrogen-bond acceptors (Lipinski definition) is 4. The molecule has 5 nitrogen and oxygen atoms in total. The summed E-state index contributed by atoms with van der Waals surface area (Å²) in [5.74, 6) is 0.252. The second-order valence-corrected chi connectivity index (χ2v) is 4.22. The van der Waals surface area contributed by atoms with E-state index in [9.17, 15) is 4.79 Å². The smallest absolute Gasteiger partial charge is 0.240 e. The standard InChI is InChI=1S/C13H15N3O2/c1-16(2)9-12(17)15-13-11(8-14-18-13)10-6-4-3-5-7-10/h3-8H,9H2,1-2H3,(H,15,17). The molecule has 0 saturated carbocycles. The zero-order valence-corrected chi connectivity index (χ0v) is 10.4. The van der Waals surface area contributed by atoms with Gasteiger partial charge in [0.2, 0.25) is 11.8 Å². The van der Waals surface area contributed by atoms with E-state index < -0.39 is 0 Å². The first-order chi connectivity index (χ1) is 8.66. The Bertz CT molecular complexity index is 520. The second kappa shape index (κ2) is 5.46. The van der Waals surface area contributed by atoms with E-state index in [4.69, 9.17) is 4.52 Å². The van der Waals surface area contributed by atoms with Crippen LogP contribution in [0.1, 0.15) is 0 Å². The van der Waals surface area contributed by atoms with Crippen LogP contribution in [-0.4, -0.2) is 36.6 Å². The molecule has 0 fully saturated rings. The lowest BCUT2D eigenvalue weighted by Gasteiger charge is -2.08. The number of aromatic nitrogens is 1. The van der Waals surface area contributed by atoms with E-state index in [1.165, 1.54) is 0 Å². The lowest BCUT2D eigenvalue weighted by Crippen LogP contribution is -2.27. The number of hydrogen-bond donors (Lipinski definition) is 1. The van der Waals surface area contributed by atoms with Gasteiger partial charge in [-0.1, -0.05) is 35.5 Å². The predicted octanol–water partition coefficient (Wildman–Crippen LogP) is 1.84. The molecule has 0 saturated heterocycles. The average Bonchev–Trinajstić information content (AvgIpc) is 2.77. The van der Waals surface area contributed by atoms with Crippen molar-refractivity contribution in [1.82, 2.24) is 10.1 Å². The van der Waals surface area contributed by atoms with Gasteiger partial charge in [0, 0.05) is 0 Å². The summed E-state index contributed by atoms with van der Waals surface area (Å²) in [6.45, 7) is 0.301. The van der Waals surface area contributed by atoms with E-state index in [2.05, 4.69) is 10.5 Å². The maximum absolute atomic E-state index is 11.7. The highest BCUT2D eigenvalue weighted by Gasteiger charge is 2.13. The molecule has 1 N–H and O–H groups in total. The Morgan fingerprint density at radius 2 is 2.06 bits per heavy atom. The molecule has 2 rings (SSSR count). The molecule has 0 bridgehead atoms. The van der Waals surface area contributed by atoms with E-state index in [0.29, 0.717) is 12.4 Å². The van der Waals surface area contributed by atoms with E-state index in [1.807, 2.05) is 44.4 Å². The molecule has 0 aliphatic rings. The minimum absolute atomic E-state index is 0.131. The number of carbonyl (C=O) groups excluding carboxylic acids is 1. The molecule has 0 spiro atoms. The topological polar surface area (TPSA) is 58.4 Å². The summed E-state index contributed by atoms with van der Waals surface area (Å²) < 4.78 is 5.07. The number of likely N-dealkylation sites (N-methyl/N-ethyl adjacent to an activating group) is 1. The van der Waals surface area contributed by atoms with Gasteiger partial charge in [-0.3, -0.25) is 10.1 Å². The van der Waals surface area contributed by atoms with Crippen molar-refractivity contribution in [2.24, 2.45) is 0 Å². The van der Waals surface area contributed by atoms with Gasteiger partial charge in [0.15, 0.2) is 0 Å². The van der Waals surface area contributed by atoms with Crippen molar-refractivity contribution in [3.05, 3.63) is 36.5 Å². The summed E-state index contributed by atoms with van der Waals surface area (Å²) in [5.41, 5.74) is 1.74. The van der Waals surface area contributed by atoms with Crippen molar-refractivity contribution in [2.45, 2.75) is 0 Å². The lowest BCUT2D eigenvalue weighted by atomic mass is 10.1. The molecule has 0 radical (unpaired) electrons. The van der Waals surface area contributed by atoms with Crippen molar-refractivity contribution in [2.75, 3.05) is 26.0 Å². The molecule has 1 aromatic heterocycles. The number of nitrogens with zero attached hydrogens (tertiary/aromatic N) is 2. The van der Waals surface area contributed by atoms with Crippen molar-refractivity contribution in [1.29, 1.82) is 0 Å². The first-order valence-electron chi connectivity index (χ1n) is 5.61. The molecule has 1 aromatic carbocycles. The molecule has 5 heteroatoms. The number of amides is 1. The number of carbonyl (C=O) groups is 1. The van der Waals surface area contributed by atoms with E-state index in [1.54, 1.807) is 11.1 Å². The second-order valence-electron chi connectivity index (χ2n) is 4.22. The van der Waals surface area contributed by atoms with Crippen molar-refractivity contribution < 1.29 is 9.32 Å². The van der Waals surface area contributed by atoms with Crippen molar-refractivity contribution in [3.8, 4) is 11.1 Å². The zero-order valence-electron chi connectivity index (χ0n) is 10.4. The van der Waals surface area contributed by atoms with Crippen LogP contribution in [0.3, 0.4) is 0 Å². The fourth-order valence-electron chi connectivity index (χ4n) is 1.61. The Morgan fingerprint density at radius 1 is 1.33 bits per heavy atom. The number of anilines is 1. The molecule has 0 aliphatic carbocycles. The third-order valence-electron chi connectivity index (χ3n) is 2.37. The molecular weight excluding hydrogens is 230 g/mol. The highest BCUT2D eigenvalue weighted by Crippen LogP contribution is 2.27. The Morgan fingerprint density at radius 3 is 2.72 bits per heavy atom.